The van der Waals surface area contributed by atoms with Crippen LogP contribution in [0.4, 0.5) is 5.69 Å². The van der Waals surface area contributed by atoms with Gasteiger partial charge in [0.05, 0.1) is 16.9 Å². The van der Waals surface area contributed by atoms with Crippen LogP contribution < -0.4 is 5.32 Å². The van der Waals surface area contributed by atoms with Gasteiger partial charge in [-0.2, -0.15) is 10.4 Å². The van der Waals surface area contributed by atoms with Crippen molar-refractivity contribution >= 4 is 5.69 Å². The van der Waals surface area contributed by atoms with Crippen LogP contribution in [0.25, 0.3) is 0 Å². The van der Waals surface area contributed by atoms with Crippen molar-refractivity contribution in [3.63, 3.8) is 0 Å². The fourth-order valence-corrected chi connectivity index (χ4v) is 1.92. The molecule has 0 saturated carbocycles. The summed E-state index contributed by atoms with van der Waals surface area (Å²) in [6, 6.07) is 4.07. The largest absolute Gasteiger partial charge is 0.383 e. The molecule has 1 N–H and O–H groups in total. The van der Waals surface area contributed by atoms with Gasteiger partial charge in [-0.05, 0) is 19.9 Å². The van der Waals surface area contributed by atoms with Crippen LogP contribution >= 0.6 is 0 Å². The molecule has 0 aliphatic heterocycles. The highest BCUT2D eigenvalue weighted by Gasteiger charge is 2.08. The summed E-state index contributed by atoms with van der Waals surface area (Å²) in [6.45, 7) is 4.44. The summed E-state index contributed by atoms with van der Waals surface area (Å²) in [5.74, 6) is 0.788. The molecule has 0 amide bonds. The molecule has 98 valence electrons. The molecule has 0 saturated heterocycles. The number of hydrogen-bond donors (Lipinski definition) is 1. The van der Waals surface area contributed by atoms with E-state index >= 15 is 0 Å². The van der Waals surface area contributed by atoms with Crippen LogP contribution in [0.15, 0.2) is 12.4 Å². The van der Waals surface area contributed by atoms with E-state index < -0.39 is 0 Å². The van der Waals surface area contributed by atoms with Gasteiger partial charge >= 0.3 is 0 Å². The zero-order chi connectivity index (χ0) is 13.8. The number of nitriles is 1. The van der Waals surface area contributed by atoms with Gasteiger partial charge in [-0.3, -0.25) is 9.67 Å². The number of hydrogen-bond acceptors (Lipinski definition) is 5. The van der Waals surface area contributed by atoms with Gasteiger partial charge in [0.1, 0.15) is 12.4 Å². The zero-order valence-corrected chi connectivity index (χ0v) is 11.3. The second kappa shape index (κ2) is 5.48. The Hall–Kier alpha value is -2.42. The van der Waals surface area contributed by atoms with Gasteiger partial charge < -0.3 is 5.32 Å². The Morgan fingerprint density at radius 1 is 1.42 bits per heavy atom. The van der Waals surface area contributed by atoms with Gasteiger partial charge in [0.2, 0.25) is 0 Å². The third-order valence-electron chi connectivity index (χ3n) is 2.75. The normalized spacial score (nSPS) is 10.2. The molecule has 2 aromatic rings. The SMILES string of the molecule is Cc1cc(NCCc2ncn(C)n2)c(C#N)c(C)n1. The highest BCUT2D eigenvalue weighted by molar-refractivity contribution is 5.59. The standard InChI is InChI=1S/C13H16N6/c1-9-6-12(11(7-14)10(2)17-9)15-5-4-13-16-8-19(3)18-13/h6,8H,4-5H2,1-3H3,(H,15,17). The number of anilines is 1. The van der Waals surface area contributed by atoms with Crippen molar-refractivity contribution in [1.29, 1.82) is 5.26 Å². The molecule has 0 bridgehead atoms. The monoisotopic (exact) mass is 256 g/mol. The molecule has 2 heterocycles. The number of aromatic nitrogens is 4. The second-order valence-electron chi connectivity index (χ2n) is 4.39. The summed E-state index contributed by atoms with van der Waals surface area (Å²) in [5, 5.41) is 16.6. The Labute approximate surface area is 112 Å². The lowest BCUT2D eigenvalue weighted by atomic mass is 10.1. The van der Waals surface area contributed by atoms with Crippen molar-refractivity contribution in [2.45, 2.75) is 20.3 Å². The van der Waals surface area contributed by atoms with Crippen molar-refractivity contribution in [1.82, 2.24) is 19.7 Å². The van der Waals surface area contributed by atoms with Crippen LogP contribution in [0, 0.1) is 25.2 Å². The first-order valence-corrected chi connectivity index (χ1v) is 6.07. The molecule has 19 heavy (non-hydrogen) atoms. The van der Waals surface area contributed by atoms with E-state index in [9.17, 15) is 0 Å². The summed E-state index contributed by atoms with van der Waals surface area (Å²) in [5.41, 5.74) is 3.07. The fourth-order valence-electron chi connectivity index (χ4n) is 1.92. The predicted molar refractivity (Wildman–Crippen MR) is 71.6 cm³/mol. The topological polar surface area (TPSA) is 79.4 Å². The van der Waals surface area contributed by atoms with E-state index in [0.29, 0.717) is 18.5 Å². The molecule has 0 fully saturated rings. The summed E-state index contributed by atoms with van der Waals surface area (Å²) in [4.78, 5) is 8.44. The zero-order valence-electron chi connectivity index (χ0n) is 11.3. The smallest absolute Gasteiger partial charge is 0.152 e. The van der Waals surface area contributed by atoms with Crippen LogP contribution in [0.2, 0.25) is 0 Å². The van der Waals surface area contributed by atoms with Gasteiger partial charge in [0, 0.05) is 25.7 Å². The van der Waals surface area contributed by atoms with E-state index in [4.69, 9.17) is 5.26 Å². The van der Waals surface area contributed by atoms with Crippen molar-refractivity contribution in [2.24, 2.45) is 7.05 Å². The average Bonchev–Trinajstić information content (AvgIpc) is 2.74. The highest BCUT2D eigenvalue weighted by Crippen LogP contribution is 2.18. The molecule has 0 aromatic carbocycles. The van der Waals surface area contributed by atoms with E-state index in [1.807, 2.05) is 27.0 Å². The van der Waals surface area contributed by atoms with Crippen molar-refractivity contribution in [3.05, 3.63) is 35.2 Å². The first kappa shape index (κ1) is 13.0. The lowest BCUT2D eigenvalue weighted by Gasteiger charge is -2.09. The number of aryl methyl sites for hydroxylation is 3. The summed E-state index contributed by atoms with van der Waals surface area (Å²) >= 11 is 0. The van der Waals surface area contributed by atoms with Gasteiger partial charge in [-0.15, -0.1) is 0 Å². The summed E-state index contributed by atoms with van der Waals surface area (Å²) in [7, 11) is 1.84. The van der Waals surface area contributed by atoms with E-state index in [0.717, 1.165) is 22.9 Å². The Morgan fingerprint density at radius 3 is 2.84 bits per heavy atom. The van der Waals surface area contributed by atoms with Crippen molar-refractivity contribution in [3.8, 4) is 6.07 Å². The summed E-state index contributed by atoms with van der Waals surface area (Å²) < 4.78 is 1.68. The predicted octanol–water partition coefficient (Wildman–Crippen LogP) is 1.35. The number of pyridine rings is 1. The molecule has 0 unspecified atom stereocenters. The minimum Gasteiger partial charge on any atom is -0.383 e. The van der Waals surface area contributed by atoms with Gasteiger partial charge in [0.15, 0.2) is 5.82 Å². The van der Waals surface area contributed by atoms with E-state index in [1.54, 1.807) is 11.0 Å². The first-order chi connectivity index (χ1) is 9.10. The Kier molecular flexibility index (Phi) is 3.76. The third kappa shape index (κ3) is 3.07. The Bertz CT molecular complexity index is 623. The van der Waals surface area contributed by atoms with Crippen LogP contribution in [0.3, 0.4) is 0 Å². The van der Waals surface area contributed by atoms with Gasteiger partial charge in [0.25, 0.3) is 0 Å². The maximum Gasteiger partial charge on any atom is 0.152 e. The molecule has 0 atom stereocenters. The second-order valence-corrected chi connectivity index (χ2v) is 4.39. The molecule has 6 nitrogen and oxygen atoms in total. The minimum absolute atomic E-state index is 0.597. The number of rotatable bonds is 4. The van der Waals surface area contributed by atoms with Crippen LogP contribution in [-0.2, 0) is 13.5 Å². The van der Waals surface area contributed by atoms with Crippen LogP contribution in [-0.4, -0.2) is 26.3 Å². The number of nitrogens with zero attached hydrogens (tertiary/aromatic N) is 5. The molecule has 2 rings (SSSR count). The van der Waals surface area contributed by atoms with Gasteiger partial charge in [-0.1, -0.05) is 0 Å². The maximum absolute atomic E-state index is 9.15. The number of nitrogens with one attached hydrogen (secondary N) is 1. The minimum atomic E-state index is 0.597. The molecule has 0 radical (unpaired) electrons. The van der Waals surface area contributed by atoms with Crippen molar-refractivity contribution < 1.29 is 0 Å². The Balaban J connectivity index is 2.05. The fraction of sp³-hybridized carbons (Fsp3) is 0.385. The quantitative estimate of drug-likeness (QED) is 0.893. The summed E-state index contributed by atoms with van der Waals surface area (Å²) in [6.07, 6.45) is 2.39. The molecule has 0 aliphatic carbocycles. The van der Waals surface area contributed by atoms with Gasteiger partial charge in [-0.25, -0.2) is 4.98 Å². The lowest BCUT2D eigenvalue weighted by molar-refractivity contribution is 0.742. The molecular weight excluding hydrogens is 240 g/mol. The lowest BCUT2D eigenvalue weighted by Crippen LogP contribution is -2.09. The van der Waals surface area contributed by atoms with E-state index in [1.165, 1.54) is 0 Å². The first-order valence-electron chi connectivity index (χ1n) is 6.07. The van der Waals surface area contributed by atoms with Crippen LogP contribution in [0.1, 0.15) is 22.8 Å². The molecule has 0 spiro atoms. The van der Waals surface area contributed by atoms with E-state index in [-0.39, 0.29) is 0 Å². The molecule has 6 heteroatoms. The average molecular weight is 256 g/mol. The molecular formula is C13H16N6. The molecule has 0 aliphatic rings. The maximum atomic E-state index is 9.15. The van der Waals surface area contributed by atoms with Crippen molar-refractivity contribution in [2.75, 3.05) is 11.9 Å². The third-order valence-corrected chi connectivity index (χ3v) is 2.75. The highest BCUT2D eigenvalue weighted by atomic mass is 15.3. The van der Waals surface area contributed by atoms with Crippen LogP contribution in [0.5, 0.6) is 0 Å². The van der Waals surface area contributed by atoms with E-state index in [2.05, 4.69) is 26.5 Å². The molecule has 2 aromatic heterocycles. The Morgan fingerprint density at radius 2 is 2.21 bits per heavy atom.